The summed E-state index contributed by atoms with van der Waals surface area (Å²) in [5, 5.41) is 4.36. The van der Waals surface area contributed by atoms with Crippen molar-refractivity contribution in [3.05, 3.63) is 39.8 Å². The molecule has 0 aliphatic carbocycles. The van der Waals surface area contributed by atoms with Gasteiger partial charge in [0.15, 0.2) is 0 Å². The van der Waals surface area contributed by atoms with Gasteiger partial charge in [0.25, 0.3) is 0 Å². The number of pyridine rings is 1. The minimum Gasteiger partial charge on any atom is -0.383 e. The molecule has 2 heterocycles. The first kappa shape index (κ1) is 11.1. The van der Waals surface area contributed by atoms with Crippen molar-refractivity contribution in [2.75, 3.05) is 5.73 Å². The van der Waals surface area contributed by atoms with E-state index in [0.717, 1.165) is 15.7 Å². The number of aromatic nitrogens is 3. The van der Waals surface area contributed by atoms with E-state index in [1.54, 1.807) is 10.9 Å². The summed E-state index contributed by atoms with van der Waals surface area (Å²) >= 11 is 3.41. The molecule has 2 aromatic rings. The molecule has 0 spiro atoms. The van der Waals surface area contributed by atoms with Crippen molar-refractivity contribution >= 4 is 21.7 Å². The van der Waals surface area contributed by atoms with Crippen LogP contribution in [0.1, 0.15) is 16.8 Å². The van der Waals surface area contributed by atoms with Crippen molar-refractivity contribution in [2.45, 2.75) is 20.4 Å². The average Bonchev–Trinajstić information content (AvgIpc) is 2.50. The van der Waals surface area contributed by atoms with Crippen molar-refractivity contribution < 1.29 is 0 Å². The van der Waals surface area contributed by atoms with Gasteiger partial charge in [-0.15, -0.1) is 0 Å². The molecule has 0 saturated heterocycles. The minimum absolute atomic E-state index is 0.651. The SMILES string of the molecule is Cc1ccncc1Cn1nc(C)c(Br)c1N. The molecule has 0 aliphatic heterocycles. The number of nitrogen functional groups attached to an aromatic ring is 1. The molecule has 0 aliphatic rings. The van der Waals surface area contributed by atoms with E-state index in [1.165, 1.54) is 5.56 Å². The molecular formula is C11H13BrN4. The highest BCUT2D eigenvalue weighted by atomic mass is 79.9. The van der Waals surface area contributed by atoms with E-state index in [4.69, 9.17) is 5.73 Å². The number of rotatable bonds is 2. The van der Waals surface area contributed by atoms with Gasteiger partial charge in [0.2, 0.25) is 0 Å². The lowest BCUT2D eigenvalue weighted by atomic mass is 10.2. The largest absolute Gasteiger partial charge is 0.383 e. The Hall–Kier alpha value is -1.36. The molecule has 2 aromatic heterocycles. The summed E-state index contributed by atoms with van der Waals surface area (Å²) in [7, 11) is 0. The Morgan fingerprint density at radius 2 is 2.19 bits per heavy atom. The van der Waals surface area contributed by atoms with Crippen molar-refractivity contribution in [1.29, 1.82) is 0 Å². The summed E-state index contributed by atoms with van der Waals surface area (Å²) in [5.74, 6) is 0.653. The average molecular weight is 281 g/mol. The normalized spacial score (nSPS) is 10.7. The molecule has 4 nitrogen and oxygen atoms in total. The number of hydrogen-bond acceptors (Lipinski definition) is 3. The third kappa shape index (κ3) is 1.95. The van der Waals surface area contributed by atoms with Crippen LogP contribution in [0.25, 0.3) is 0 Å². The Balaban J connectivity index is 2.34. The molecule has 16 heavy (non-hydrogen) atoms. The van der Waals surface area contributed by atoms with Crippen LogP contribution in [0.2, 0.25) is 0 Å². The van der Waals surface area contributed by atoms with Gasteiger partial charge >= 0.3 is 0 Å². The van der Waals surface area contributed by atoms with E-state index >= 15 is 0 Å². The molecule has 0 bridgehead atoms. The van der Waals surface area contributed by atoms with Crippen LogP contribution in [-0.2, 0) is 6.54 Å². The van der Waals surface area contributed by atoms with E-state index < -0.39 is 0 Å². The van der Waals surface area contributed by atoms with Crippen LogP contribution in [0.3, 0.4) is 0 Å². The maximum absolute atomic E-state index is 5.93. The highest BCUT2D eigenvalue weighted by Gasteiger charge is 2.10. The van der Waals surface area contributed by atoms with Gasteiger partial charge in [-0.1, -0.05) is 0 Å². The summed E-state index contributed by atoms with van der Waals surface area (Å²) in [6.07, 6.45) is 3.63. The van der Waals surface area contributed by atoms with Crippen LogP contribution in [-0.4, -0.2) is 14.8 Å². The summed E-state index contributed by atoms with van der Waals surface area (Å²) < 4.78 is 2.65. The first-order valence-corrected chi connectivity index (χ1v) is 5.76. The van der Waals surface area contributed by atoms with E-state index in [0.29, 0.717) is 12.4 Å². The van der Waals surface area contributed by atoms with E-state index in [1.807, 2.05) is 19.2 Å². The van der Waals surface area contributed by atoms with Gasteiger partial charge in [-0.25, -0.2) is 4.68 Å². The zero-order valence-electron chi connectivity index (χ0n) is 9.24. The molecule has 0 unspecified atom stereocenters. The second kappa shape index (κ2) is 4.25. The minimum atomic E-state index is 0.651. The number of aryl methyl sites for hydroxylation is 2. The van der Waals surface area contributed by atoms with Gasteiger partial charge in [-0.05, 0) is 47.0 Å². The van der Waals surface area contributed by atoms with Gasteiger partial charge in [0.1, 0.15) is 5.82 Å². The van der Waals surface area contributed by atoms with Crippen LogP contribution < -0.4 is 5.73 Å². The molecule has 0 amide bonds. The summed E-state index contributed by atoms with van der Waals surface area (Å²) in [6, 6.07) is 1.98. The molecule has 0 aromatic carbocycles. The third-order valence-corrected chi connectivity index (χ3v) is 3.54. The fourth-order valence-corrected chi connectivity index (χ4v) is 1.81. The Labute approximate surface area is 103 Å². The molecule has 0 saturated carbocycles. The monoisotopic (exact) mass is 280 g/mol. The maximum atomic E-state index is 5.93. The van der Waals surface area contributed by atoms with E-state index in [9.17, 15) is 0 Å². The molecule has 2 N–H and O–H groups in total. The van der Waals surface area contributed by atoms with Crippen molar-refractivity contribution in [3.8, 4) is 0 Å². The topological polar surface area (TPSA) is 56.7 Å². The van der Waals surface area contributed by atoms with Crippen LogP contribution in [0, 0.1) is 13.8 Å². The highest BCUT2D eigenvalue weighted by molar-refractivity contribution is 9.10. The van der Waals surface area contributed by atoms with Crippen LogP contribution in [0.5, 0.6) is 0 Å². The van der Waals surface area contributed by atoms with Crippen LogP contribution >= 0.6 is 15.9 Å². The molecule has 0 radical (unpaired) electrons. The van der Waals surface area contributed by atoms with Crippen molar-refractivity contribution in [1.82, 2.24) is 14.8 Å². The van der Waals surface area contributed by atoms with Crippen LogP contribution in [0.15, 0.2) is 22.9 Å². The number of nitrogens with two attached hydrogens (primary N) is 1. The number of halogens is 1. The first-order chi connectivity index (χ1) is 7.59. The van der Waals surface area contributed by atoms with E-state index in [2.05, 4.69) is 32.9 Å². The summed E-state index contributed by atoms with van der Waals surface area (Å²) in [4.78, 5) is 4.11. The fraction of sp³-hybridized carbons (Fsp3) is 0.273. The second-order valence-electron chi connectivity index (χ2n) is 3.74. The van der Waals surface area contributed by atoms with Crippen LogP contribution in [0.4, 0.5) is 5.82 Å². The Morgan fingerprint density at radius 1 is 1.44 bits per heavy atom. The van der Waals surface area contributed by atoms with Gasteiger partial charge in [-0.3, -0.25) is 4.98 Å². The lowest BCUT2D eigenvalue weighted by Gasteiger charge is -2.06. The first-order valence-electron chi connectivity index (χ1n) is 4.97. The Bertz CT molecular complexity index is 519. The molecule has 0 fully saturated rings. The maximum Gasteiger partial charge on any atom is 0.136 e. The Kier molecular flexibility index (Phi) is 2.96. The van der Waals surface area contributed by atoms with Crippen molar-refractivity contribution in [2.24, 2.45) is 0 Å². The zero-order valence-corrected chi connectivity index (χ0v) is 10.8. The Morgan fingerprint density at radius 3 is 2.75 bits per heavy atom. The second-order valence-corrected chi connectivity index (χ2v) is 4.54. The van der Waals surface area contributed by atoms with Gasteiger partial charge in [0.05, 0.1) is 16.7 Å². The summed E-state index contributed by atoms with van der Waals surface area (Å²) in [6.45, 7) is 4.63. The predicted octanol–water partition coefficient (Wildman–Crippen LogP) is 2.29. The number of hydrogen-bond donors (Lipinski definition) is 1. The molecule has 84 valence electrons. The molecule has 5 heteroatoms. The zero-order chi connectivity index (χ0) is 11.7. The molecule has 2 rings (SSSR count). The lowest BCUT2D eigenvalue weighted by molar-refractivity contribution is 0.684. The highest BCUT2D eigenvalue weighted by Crippen LogP contribution is 2.23. The van der Waals surface area contributed by atoms with Gasteiger partial charge in [0, 0.05) is 12.4 Å². The fourth-order valence-electron chi connectivity index (χ4n) is 1.52. The van der Waals surface area contributed by atoms with Gasteiger partial charge < -0.3 is 5.73 Å². The molecule has 0 atom stereocenters. The summed E-state index contributed by atoms with van der Waals surface area (Å²) in [5.41, 5.74) is 9.16. The lowest BCUT2D eigenvalue weighted by Crippen LogP contribution is -2.07. The van der Waals surface area contributed by atoms with Gasteiger partial charge in [-0.2, -0.15) is 5.10 Å². The smallest absolute Gasteiger partial charge is 0.136 e. The number of anilines is 1. The number of nitrogens with zero attached hydrogens (tertiary/aromatic N) is 3. The quantitative estimate of drug-likeness (QED) is 0.918. The predicted molar refractivity (Wildman–Crippen MR) is 67.2 cm³/mol. The standard InChI is InChI=1S/C11H13BrN4/c1-7-3-4-14-5-9(7)6-16-11(13)10(12)8(2)15-16/h3-5H,6,13H2,1-2H3. The third-order valence-electron chi connectivity index (χ3n) is 2.56. The van der Waals surface area contributed by atoms with Crippen molar-refractivity contribution in [3.63, 3.8) is 0 Å². The molecular weight excluding hydrogens is 268 g/mol. The van der Waals surface area contributed by atoms with E-state index in [-0.39, 0.29) is 0 Å².